The third-order valence-electron chi connectivity index (χ3n) is 3.46. The molecule has 2 heteroatoms. The van der Waals surface area contributed by atoms with Crippen molar-refractivity contribution in [2.24, 2.45) is 11.8 Å². The van der Waals surface area contributed by atoms with Crippen molar-refractivity contribution >= 4 is 0 Å². The maximum absolute atomic E-state index is 5.65. The molecule has 1 fully saturated rings. The highest BCUT2D eigenvalue weighted by Gasteiger charge is 2.23. The Morgan fingerprint density at radius 3 is 2.71 bits per heavy atom. The van der Waals surface area contributed by atoms with Gasteiger partial charge >= 0.3 is 0 Å². The summed E-state index contributed by atoms with van der Waals surface area (Å²) in [5.41, 5.74) is 1.44. The lowest BCUT2D eigenvalue weighted by molar-refractivity contribution is 0.0499. The Kier molecular flexibility index (Phi) is 4.57. The Hall–Kier alpha value is -0.860. The molecular weight excluding hydrogens is 210 g/mol. The third-order valence-corrected chi connectivity index (χ3v) is 3.46. The van der Waals surface area contributed by atoms with Gasteiger partial charge in [-0.05, 0) is 30.2 Å². The fourth-order valence-corrected chi connectivity index (χ4v) is 2.67. The molecule has 0 radical (unpaired) electrons. The van der Waals surface area contributed by atoms with Gasteiger partial charge in [0, 0.05) is 6.54 Å². The number of benzene rings is 1. The molecule has 0 saturated carbocycles. The van der Waals surface area contributed by atoms with E-state index >= 15 is 0 Å². The van der Waals surface area contributed by atoms with Crippen LogP contribution in [-0.2, 0) is 11.2 Å². The molecule has 2 nitrogen and oxygen atoms in total. The number of rotatable bonds is 5. The first kappa shape index (κ1) is 12.6. The molecule has 1 aliphatic heterocycles. The van der Waals surface area contributed by atoms with Gasteiger partial charge in [-0.2, -0.15) is 0 Å². The molecule has 0 amide bonds. The normalized spacial score (nSPS) is 23.5. The van der Waals surface area contributed by atoms with Crippen LogP contribution < -0.4 is 5.32 Å². The minimum Gasteiger partial charge on any atom is -0.362 e. The first-order chi connectivity index (χ1) is 8.25. The fraction of sp³-hybridized carbons (Fsp3) is 0.600. The number of nitrogens with one attached hydrogen (secondary N) is 1. The lowest BCUT2D eigenvalue weighted by Gasteiger charge is -2.22. The smallest absolute Gasteiger partial charge is 0.110 e. The number of ether oxygens (including phenoxy) is 1. The van der Waals surface area contributed by atoms with Crippen molar-refractivity contribution in [3.05, 3.63) is 35.9 Å². The van der Waals surface area contributed by atoms with E-state index in [-0.39, 0.29) is 6.23 Å². The fourth-order valence-electron chi connectivity index (χ4n) is 2.67. The molecule has 1 aliphatic rings. The van der Waals surface area contributed by atoms with Gasteiger partial charge in [-0.25, -0.2) is 0 Å². The summed E-state index contributed by atoms with van der Waals surface area (Å²) in [6, 6.07) is 10.7. The van der Waals surface area contributed by atoms with Gasteiger partial charge in [0.05, 0.1) is 6.61 Å². The monoisotopic (exact) mass is 233 g/mol. The van der Waals surface area contributed by atoms with E-state index in [9.17, 15) is 0 Å². The summed E-state index contributed by atoms with van der Waals surface area (Å²) in [6.07, 6.45) is 2.65. The van der Waals surface area contributed by atoms with E-state index in [0.717, 1.165) is 19.6 Å². The molecule has 1 saturated heterocycles. The van der Waals surface area contributed by atoms with Crippen molar-refractivity contribution in [1.82, 2.24) is 5.32 Å². The second kappa shape index (κ2) is 6.18. The Bertz CT molecular complexity index is 319. The Morgan fingerprint density at radius 1 is 1.29 bits per heavy atom. The minimum atomic E-state index is 0.272. The van der Waals surface area contributed by atoms with Gasteiger partial charge in [0.25, 0.3) is 0 Å². The molecule has 1 N–H and O–H groups in total. The minimum absolute atomic E-state index is 0.272. The zero-order valence-electron chi connectivity index (χ0n) is 10.9. The van der Waals surface area contributed by atoms with Crippen LogP contribution in [0.4, 0.5) is 0 Å². The highest BCUT2D eigenvalue weighted by Crippen LogP contribution is 2.21. The first-order valence-corrected chi connectivity index (χ1v) is 6.64. The van der Waals surface area contributed by atoms with Crippen molar-refractivity contribution in [1.29, 1.82) is 0 Å². The Labute approximate surface area is 104 Å². The van der Waals surface area contributed by atoms with Crippen LogP contribution in [0.15, 0.2) is 30.3 Å². The van der Waals surface area contributed by atoms with Gasteiger partial charge in [0.1, 0.15) is 6.23 Å². The van der Waals surface area contributed by atoms with Crippen LogP contribution in [0.3, 0.4) is 0 Å². The molecular formula is C15H23NO. The summed E-state index contributed by atoms with van der Waals surface area (Å²) >= 11 is 0. The summed E-state index contributed by atoms with van der Waals surface area (Å²) < 4.78 is 5.65. The van der Waals surface area contributed by atoms with Crippen molar-refractivity contribution < 1.29 is 4.74 Å². The van der Waals surface area contributed by atoms with Crippen LogP contribution in [0.5, 0.6) is 0 Å². The summed E-state index contributed by atoms with van der Waals surface area (Å²) in [7, 11) is 0. The Balaban J connectivity index is 1.78. The van der Waals surface area contributed by atoms with Crippen LogP contribution in [0.1, 0.15) is 25.8 Å². The van der Waals surface area contributed by atoms with Crippen LogP contribution in [0.2, 0.25) is 0 Å². The van der Waals surface area contributed by atoms with Crippen molar-refractivity contribution in [3.63, 3.8) is 0 Å². The topological polar surface area (TPSA) is 21.3 Å². The van der Waals surface area contributed by atoms with E-state index in [0.29, 0.717) is 11.8 Å². The Morgan fingerprint density at radius 2 is 2.06 bits per heavy atom. The van der Waals surface area contributed by atoms with Gasteiger partial charge in [0.2, 0.25) is 0 Å². The van der Waals surface area contributed by atoms with Crippen molar-refractivity contribution in [3.8, 4) is 0 Å². The standard InChI is InChI=1S/C15H23NO/c1-12(11-14-6-4-3-5-7-14)10-13(2)15-16-8-9-17-15/h3-7,12-13,15-16H,8-11H2,1-2H3. The summed E-state index contributed by atoms with van der Waals surface area (Å²) in [5, 5.41) is 3.40. The molecule has 2 rings (SSSR count). The van der Waals surface area contributed by atoms with Gasteiger partial charge in [-0.3, -0.25) is 5.32 Å². The largest absolute Gasteiger partial charge is 0.362 e. The third kappa shape index (κ3) is 3.83. The molecule has 0 bridgehead atoms. The summed E-state index contributed by atoms with van der Waals surface area (Å²) in [6.45, 7) is 6.48. The van der Waals surface area contributed by atoms with Crippen LogP contribution in [0.25, 0.3) is 0 Å². The molecule has 1 aromatic rings. The molecule has 3 unspecified atom stereocenters. The highest BCUT2D eigenvalue weighted by molar-refractivity contribution is 5.15. The van der Waals surface area contributed by atoms with E-state index in [1.54, 1.807) is 0 Å². The van der Waals surface area contributed by atoms with Gasteiger partial charge in [-0.1, -0.05) is 44.2 Å². The summed E-state index contributed by atoms with van der Waals surface area (Å²) in [5.74, 6) is 1.30. The lowest BCUT2D eigenvalue weighted by atomic mass is 9.91. The van der Waals surface area contributed by atoms with E-state index in [2.05, 4.69) is 49.5 Å². The second-order valence-electron chi connectivity index (χ2n) is 5.25. The van der Waals surface area contributed by atoms with Crippen molar-refractivity contribution in [2.45, 2.75) is 32.9 Å². The maximum atomic E-state index is 5.65. The maximum Gasteiger partial charge on any atom is 0.110 e. The van der Waals surface area contributed by atoms with Crippen LogP contribution >= 0.6 is 0 Å². The van der Waals surface area contributed by atoms with Gasteiger partial charge in [-0.15, -0.1) is 0 Å². The van der Waals surface area contributed by atoms with E-state index < -0.39 is 0 Å². The molecule has 0 aromatic heterocycles. The van der Waals surface area contributed by atoms with Crippen LogP contribution in [0, 0.1) is 11.8 Å². The second-order valence-corrected chi connectivity index (χ2v) is 5.25. The lowest BCUT2D eigenvalue weighted by Crippen LogP contribution is -2.31. The molecule has 17 heavy (non-hydrogen) atoms. The van der Waals surface area contributed by atoms with Gasteiger partial charge < -0.3 is 4.74 Å². The summed E-state index contributed by atoms with van der Waals surface area (Å²) in [4.78, 5) is 0. The molecule has 1 aromatic carbocycles. The molecule has 94 valence electrons. The quantitative estimate of drug-likeness (QED) is 0.844. The van der Waals surface area contributed by atoms with Gasteiger partial charge in [0.15, 0.2) is 0 Å². The van der Waals surface area contributed by atoms with E-state index in [1.807, 2.05) is 0 Å². The highest BCUT2D eigenvalue weighted by atomic mass is 16.5. The number of hydrogen-bond acceptors (Lipinski definition) is 2. The first-order valence-electron chi connectivity index (χ1n) is 6.64. The average molecular weight is 233 g/mol. The van der Waals surface area contributed by atoms with E-state index in [4.69, 9.17) is 4.74 Å². The number of hydrogen-bond donors (Lipinski definition) is 1. The molecule has 3 atom stereocenters. The SMILES string of the molecule is CC(Cc1ccccc1)CC(C)C1NCCO1. The van der Waals surface area contributed by atoms with Crippen LogP contribution in [-0.4, -0.2) is 19.4 Å². The zero-order valence-corrected chi connectivity index (χ0v) is 10.9. The van der Waals surface area contributed by atoms with Crippen molar-refractivity contribution in [2.75, 3.05) is 13.2 Å². The predicted molar refractivity (Wildman–Crippen MR) is 70.8 cm³/mol. The molecule has 1 heterocycles. The molecule has 0 aliphatic carbocycles. The zero-order chi connectivity index (χ0) is 12.1. The molecule has 0 spiro atoms. The average Bonchev–Trinajstić information content (AvgIpc) is 2.83. The predicted octanol–water partition coefficient (Wildman–Crippen LogP) is 2.84. The van der Waals surface area contributed by atoms with E-state index in [1.165, 1.54) is 12.0 Å².